The molecule has 0 radical (unpaired) electrons. The Hall–Kier alpha value is -0.550. The van der Waals surface area contributed by atoms with Gasteiger partial charge < -0.3 is 9.78 Å². The highest BCUT2D eigenvalue weighted by Gasteiger charge is 2.20. The van der Waals surface area contributed by atoms with Crippen LogP contribution in [0, 0.1) is 0 Å². The van der Waals surface area contributed by atoms with Gasteiger partial charge in [-0.25, -0.2) is 0 Å². The third-order valence-corrected chi connectivity index (χ3v) is 6.82. The van der Waals surface area contributed by atoms with Crippen LogP contribution in [0.15, 0.2) is 42.5 Å². The molecule has 0 aliphatic rings. The molecule has 0 saturated carbocycles. The SMILES string of the molecule is CCCCC(I)OOc1c2ccccc2c(OOC(I)CCCC)c2cc(Cl)ccc12. The van der Waals surface area contributed by atoms with Crippen molar-refractivity contribution < 1.29 is 19.6 Å². The third kappa shape index (κ3) is 6.72. The van der Waals surface area contributed by atoms with Crippen molar-refractivity contribution in [2.75, 3.05) is 0 Å². The summed E-state index contributed by atoms with van der Waals surface area (Å²) in [5, 5.41) is 4.08. The Morgan fingerprint density at radius 1 is 0.742 bits per heavy atom. The average molecular weight is 669 g/mol. The lowest BCUT2D eigenvalue weighted by Crippen LogP contribution is -2.10. The number of fused-ring (bicyclic) bond motifs is 2. The normalized spacial score (nSPS) is 13.5. The molecule has 0 N–H and O–H groups in total. The summed E-state index contributed by atoms with van der Waals surface area (Å²) < 4.78 is -0.0700. The van der Waals surface area contributed by atoms with Gasteiger partial charge >= 0.3 is 0 Å². The second-order valence-electron chi connectivity index (χ2n) is 7.36. The quantitative estimate of drug-likeness (QED) is 0.0634. The van der Waals surface area contributed by atoms with Crippen molar-refractivity contribution in [3.05, 3.63) is 47.5 Å². The zero-order valence-corrected chi connectivity index (χ0v) is 22.8. The average Bonchev–Trinajstić information content (AvgIpc) is 2.78. The number of benzene rings is 3. The van der Waals surface area contributed by atoms with E-state index in [-0.39, 0.29) is 8.22 Å². The first kappa shape index (κ1) is 25.1. The molecule has 7 heteroatoms. The standard InChI is InChI=1S/C24H27ClI2O4/c1-3-5-11-21(26)28-30-23-17-9-7-8-10-18(17)24(31-29-22(27)12-6-4-2)20-15-16(25)13-14-19(20)23/h7-10,13-15,21-22H,3-6,11-12H2,1-2H3. The van der Waals surface area contributed by atoms with Crippen LogP contribution in [0.4, 0.5) is 0 Å². The van der Waals surface area contributed by atoms with Crippen molar-refractivity contribution in [1.82, 2.24) is 0 Å². The fourth-order valence-electron chi connectivity index (χ4n) is 3.28. The predicted molar refractivity (Wildman–Crippen MR) is 145 cm³/mol. The highest BCUT2D eigenvalue weighted by atomic mass is 127. The van der Waals surface area contributed by atoms with E-state index in [0.29, 0.717) is 16.5 Å². The van der Waals surface area contributed by atoms with E-state index in [1.165, 1.54) is 0 Å². The monoisotopic (exact) mass is 668 g/mol. The van der Waals surface area contributed by atoms with Crippen LogP contribution in [0.25, 0.3) is 21.5 Å². The van der Waals surface area contributed by atoms with Crippen molar-refractivity contribution in [2.24, 2.45) is 0 Å². The molecule has 0 heterocycles. The lowest BCUT2D eigenvalue weighted by atomic mass is 10.0. The van der Waals surface area contributed by atoms with Gasteiger partial charge in [0.2, 0.25) is 0 Å². The van der Waals surface area contributed by atoms with Gasteiger partial charge in [0.15, 0.2) is 19.7 Å². The second-order valence-corrected chi connectivity index (χ2v) is 10.6. The van der Waals surface area contributed by atoms with E-state index in [1.54, 1.807) is 0 Å². The minimum Gasteiger partial charge on any atom is -0.335 e. The molecular weight excluding hydrogens is 642 g/mol. The Labute approximate surface area is 216 Å². The first-order valence-electron chi connectivity index (χ1n) is 10.6. The summed E-state index contributed by atoms with van der Waals surface area (Å²) in [6, 6.07) is 13.6. The van der Waals surface area contributed by atoms with Crippen molar-refractivity contribution in [3.8, 4) is 11.5 Å². The number of unbranched alkanes of at least 4 members (excludes halogenated alkanes) is 2. The van der Waals surface area contributed by atoms with Gasteiger partial charge in [0.25, 0.3) is 0 Å². The van der Waals surface area contributed by atoms with Crippen LogP contribution in [0.1, 0.15) is 52.4 Å². The number of alkyl halides is 2. The Kier molecular flexibility index (Phi) is 10.2. The van der Waals surface area contributed by atoms with Crippen LogP contribution in [-0.2, 0) is 9.78 Å². The van der Waals surface area contributed by atoms with E-state index in [4.69, 9.17) is 31.2 Å². The largest absolute Gasteiger partial charge is 0.335 e. The van der Waals surface area contributed by atoms with E-state index in [9.17, 15) is 0 Å². The summed E-state index contributed by atoms with van der Waals surface area (Å²) in [4.78, 5) is 23.3. The summed E-state index contributed by atoms with van der Waals surface area (Å²) in [7, 11) is 0. The number of halogens is 3. The molecule has 168 valence electrons. The summed E-state index contributed by atoms with van der Waals surface area (Å²) in [6.45, 7) is 4.33. The van der Waals surface area contributed by atoms with E-state index in [2.05, 4.69) is 59.0 Å². The fourth-order valence-corrected chi connectivity index (χ4v) is 4.54. The van der Waals surface area contributed by atoms with Crippen LogP contribution >= 0.6 is 56.8 Å². The Bertz CT molecular complexity index is 998. The van der Waals surface area contributed by atoms with Crippen molar-refractivity contribution in [1.29, 1.82) is 0 Å². The molecule has 0 saturated heterocycles. The molecule has 3 aromatic carbocycles. The van der Waals surface area contributed by atoms with Gasteiger partial charge in [-0.05, 0) is 76.2 Å². The van der Waals surface area contributed by atoms with Crippen molar-refractivity contribution in [3.63, 3.8) is 0 Å². The van der Waals surface area contributed by atoms with Gasteiger partial charge in [-0.2, -0.15) is 9.78 Å². The molecule has 0 aliphatic carbocycles. The van der Waals surface area contributed by atoms with Gasteiger partial charge in [-0.1, -0.05) is 75.4 Å². The number of hydrogen-bond donors (Lipinski definition) is 0. The Balaban J connectivity index is 2.01. The van der Waals surface area contributed by atoms with Crippen molar-refractivity contribution in [2.45, 2.75) is 60.6 Å². The highest BCUT2D eigenvalue weighted by Crippen LogP contribution is 2.44. The van der Waals surface area contributed by atoms with Crippen LogP contribution in [0.3, 0.4) is 0 Å². The molecule has 0 amide bonds. The zero-order valence-electron chi connectivity index (χ0n) is 17.7. The molecule has 0 fully saturated rings. The minimum atomic E-state index is -0.0387. The van der Waals surface area contributed by atoms with E-state index in [0.717, 1.165) is 60.1 Å². The van der Waals surface area contributed by atoms with Crippen LogP contribution < -0.4 is 9.78 Å². The van der Waals surface area contributed by atoms with Gasteiger partial charge in [-0.15, -0.1) is 0 Å². The fraction of sp³-hybridized carbons (Fsp3) is 0.417. The van der Waals surface area contributed by atoms with Gasteiger partial charge in [0.05, 0.1) is 0 Å². The lowest BCUT2D eigenvalue weighted by Gasteiger charge is -2.18. The first-order chi connectivity index (χ1) is 15.0. The number of rotatable bonds is 12. The summed E-state index contributed by atoms with van der Waals surface area (Å²) >= 11 is 10.9. The molecule has 3 rings (SSSR count). The molecular formula is C24H27ClI2O4. The topological polar surface area (TPSA) is 36.9 Å². The highest BCUT2D eigenvalue weighted by molar-refractivity contribution is 14.1. The molecule has 0 bridgehead atoms. The van der Waals surface area contributed by atoms with Gasteiger partial charge in [-0.3, -0.25) is 0 Å². The van der Waals surface area contributed by atoms with Crippen LogP contribution in [0.5, 0.6) is 11.5 Å². The van der Waals surface area contributed by atoms with E-state index >= 15 is 0 Å². The predicted octanol–water partition coefficient (Wildman–Crippen LogP) is 9.17. The number of hydrogen-bond acceptors (Lipinski definition) is 4. The molecule has 2 atom stereocenters. The Morgan fingerprint density at radius 2 is 1.23 bits per heavy atom. The molecule has 0 aliphatic heterocycles. The molecule has 4 nitrogen and oxygen atoms in total. The second kappa shape index (κ2) is 12.6. The molecule has 0 aromatic heterocycles. The van der Waals surface area contributed by atoms with Gasteiger partial charge in [0, 0.05) is 26.6 Å². The van der Waals surface area contributed by atoms with Crippen molar-refractivity contribution >= 4 is 78.3 Å². The first-order valence-corrected chi connectivity index (χ1v) is 13.5. The maximum atomic E-state index is 6.34. The van der Waals surface area contributed by atoms with Gasteiger partial charge in [0.1, 0.15) is 0 Å². The minimum absolute atomic E-state index is 0.0312. The zero-order chi connectivity index (χ0) is 22.2. The molecule has 0 spiro atoms. The van der Waals surface area contributed by atoms with Crippen LogP contribution in [0.2, 0.25) is 5.02 Å². The maximum absolute atomic E-state index is 6.34. The molecule has 3 aromatic rings. The smallest absolute Gasteiger partial charge is 0.181 e. The summed E-state index contributed by atoms with van der Waals surface area (Å²) in [5.41, 5.74) is 0. The lowest BCUT2D eigenvalue weighted by molar-refractivity contribution is -0.214. The van der Waals surface area contributed by atoms with E-state index < -0.39 is 0 Å². The Morgan fingerprint density at radius 3 is 1.74 bits per heavy atom. The van der Waals surface area contributed by atoms with Crippen LogP contribution in [-0.4, -0.2) is 8.22 Å². The third-order valence-electron chi connectivity index (χ3n) is 4.93. The van der Waals surface area contributed by atoms with E-state index in [1.807, 2.05) is 42.5 Å². The molecule has 31 heavy (non-hydrogen) atoms. The molecule has 2 unspecified atom stereocenters. The summed E-state index contributed by atoms with van der Waals surface area (Å²) in [6.07, 6.45) is 6.28. The maximum Gasteiger partial charge on any atom is 0.181 e. The summed E-state index contributed by atoms with van der Waals surface area (Å²) in [5.74, 6) is 1.29.